The maximum Gasteiger partial charge on any atom is 0.255 e. The van der Waals surface area contributed by atoms with E-state index in [2.05, 4.69) is 16.0 Å². The summed E-state index contributed by atoms with van der Waals surface area (Å²) in [4.78, 5) is 24.7. The van der Waals surface area contributed by atoms with Crippen LogP contribution in [0.4, 0.5) is 17.1 Å². The van der Waals surface area contributed by atoms with E-state index < -0.39 is 0 Å². The Morgan fingerprint density at radius 3 is 2.26 bits per heavy atom. The van der Waals surface area contributed by atoms with Crippen LogP contribution in [0.25, 0.3) is 0 Å². The van der Waals surface area contributed by atoms with E-state index in [1.54, 1.807) is 55.6 Å². The Kier molecular flexibility index (Phi) is 7.11. The van der Waals surface area contributed by atoms with Crippen molar-refractivity contribution in [3.05, 3.63) is 77.9 Å². The molecule has 7 heteroatoms. The van der Waals surface area contributed by atoms with Gasteiger partial charge in [0, 0.05) is 23.0 Å². The molecule has 2 amide bonds. The van der Waals surface area contributed by atoms with E-state index in [0.29, 0.717) is 28.4 Å². The van der Waals surface area contributed by atoms with Gasteiger partial charge in [-0.1, -0.05) is 17.7 Å². The van der Waals surface area contributed by atoms with E-state index in [1.165, 1.54) is 7.11 Å². The molecule has 0 heterocycles. The summed E-state index contributed by atoms with van der Waals surface area (Å²) >= 11 is 0. The summed E-state index contributed by atoms with van der Waals surface area (Å²) in [6, 6.07) is 19.7. The lowest BCUT2D eigenvalue weighted by Gasteiger charge is -2.13. The number of carbonyl (C=O) groups is 2. The number of anilines is 3. The molecule has 0 saturated carbocycles. The Morgan fingerprint density at radius 2 is 1.58 bits per heavy atom. The van der Waals surface area contributed by atoms with Gasteiger partial charge in [-0.2, -0.15) is 0 Å². The Hall–Kier alpha value is -4.00. The van der Waals surface area contributed by atoms with Crippen LogP contribution in [-0.4, -0.2) is 32.6 Å². The largest absolute Gasteiger partial charge is 0.497 e. The highest BCUT2D eigenvalue weighted by Gasteiger charge is 2.10. The molecule has 3 aromatic rings. The molecule has 0 aromatic heterocycles. The van der Waals surface area contributed by atoms with Crippen LogP contribution in [0.15, 0.2) is 66.7 Å². The van der Waals surface area contributed by atoms with Crippen LogP contribution in [0.3, 0.4) is 0 Å². The molecule has 0 atom stereocenters. The Bertz CT molecular complexity index is 1060. The van der Waals surface area contributed by atoms with Crippen LogP contribution in [0.1, 0.15) is 15.9 Å². The molecule has 0 fully saturated rings. The number of ether oxygens (including phenoxy) is 2. The smallest absolute Gasteiger partial charge is 0.255 e. The molecule has 0 aliphatic heterocycles. The normalized spacial score (nSPS) is 10.2. The lowest BCUT2D eigenvalue weighted by atomic mass is 10.1. The topological polar surface area (TPSA) is 88.7 Å². The lowest BCUT2D eigenvalue weighted by molar-refractivity contribution is -0.114. The average molecular weight is 419 g/mol. The summed E-state index contributed by atoms with van der Waals surface area (Å²) in [7, 11) is 3.09. The number of nitrogens with one attached hydrogen (secondary N) is 3. The van der Waals surface area contributed by atoms with Crippen molar-refractivity contribution in [1.29, 1.82) is 0 Å². The molecule has 7 nitrogen and oxygen atoms in total. The summed E-state index contributed by atoms with van der Waals surface area (Å²) in [5.74, 6) is 0.759. The first kappa shape index (κ1) is 21.7. The van der Waals surface area contributed by atoms with Crippen LogP contribution >= 0.6 is 0 Å². The minimum absolute atomic E-state index is 0.0648. The molecule has 0 bridgehead atoms. The Labute approximate surface area is 181 Å². The van der Waals surface area contributed by atoms with Crippen LogP contribution in [0.5, 0.6) is 11.5 Å². The summed E-state index contributed by atoms with van der Waals surface area (Å²) in [6.45, 7) is 2.01. The fraction of sp³-hybridized carbons (Fsp3) is 0.167. The van der Waals surface area contributed by atoms with E-state index in [9.17, 15) is 9.59 Å². The molecular weight excluding hydrogens is 394 g/mol. The zero-order chi connectivity index (χ0) is 22.2. The number of carbonyl (C=O) groups excluding carboxylic acids is 2. The molecule has 3 aromatic carbocycles. The minimum Gasteiger partial charge on any atom is -0.497 e. The SMILES string of the molecule is COc1ccc(OC)c(NC(=O)CNc2ccc(NC(=O)c3cccc(C)c3)cc2)c1. The molecule has 0 aliphatic carbocycles. The second kappa shape index (κ2) is 10.2. The maximum absolute atomic E-state index is 12.3. The van der Waals surface area contributed by atoms with Gasteiger partial charge in [0.25, 0.3) is 5.91 Å². The van der Waals surface area contributed by atoms with E-state index in [1.807, 2.05) is 25.1 Å². The molecule has 3 rings (SSSR count). The number of hydrogen-bond acceptors (Lipinski definition) is 5. The summed E-state index contributed by atoms with van der Waals surface area (Å²) in [5.41, 5.74) is 3.58. The van der Waals surface area contributed by atoms with Gasteiger partial charge < -0.3 is 25.4 Å². The number of benzene rings is 3. The van der Waals surface area contributed by atoms with Crippen LogP contribution < -0.4 is 25.4 Å². The fourth-order valence-electron chi connectivity index (χ4n) is 2.95. The second-order valence-electron chi connectivity index (χ2n) is 6.87. The first-order valence-electron chi connectivity index (χ1n) is 9.72. The molecule has 0 radical (unpaired) electrons. The van der Waals surface area contributed by atoms with Gasteiger partial charge in [-0.3, -0.25) is 9.59 Å². The first-order valence-corrected chi connectivity index (χ1v) is 9.72. The molecule has 0 aliphatic rings. The van der Waals surface area contributed by atoms with E-state index in [-0.39, 0.29) is 18.4 Å². The molecule has 0 unspecified atom stereocenters. The standard InChI is InChI=1S/C24H25N3O4/c1-16-5-4-6-17(13-16)24(29)26-19-9-7-18(8-10-19)25-15-23(28)27-21-14-20(30-2)11-12-22(21)31-3/h4-14,25H,15H2,1-3H3,(H,26,29)(H,27,28). The van der Waals surface area contributed by atoms with Gasteiger partial charge in [-0.25, -0.2) is 0 Å². The zero-order valence-corrected chi connectivity index (χ0v) is 17.7. The monoisotopic (exact) mass is 419 g/mol. The highest BCUT2D eigenvalue weighted by molar-refractivity contribution is 6.04. The van der Waals surface area contributed by atoms with Gasteiger partial charge >= 0.3 is 0 Å². The molecule has 160 valence electrons. The maximum atomic E-state index is 12.3. The summed E-state index contributed by atoms with van der Waals surface area (Å²) < 4.78 is 10.5. The highest BCUT2D eigenvalue weighted by atomic mass is 16.5. The first-order chi connectivity index (χ1) is 15.0. The third kappa shape index (κ3) is 5.99. The third-order valence-electron chi connectivity index (χ3n) is 4.56. The lowest BCUT2D eigenvalue weighted by Crippen LogP contribution is -2.22. The number of hydrogen-bond donors (Lipinski definition) is 3. The van der Waals surface area contributed by atoms with Crippen LogP contribution in [0, 0.1) is 6.92 Å². The van der Waals surface area contributed by atoms with E-state index >= 15 is 0 Å². The van der Waals surface area contributed by atoms with Gasteiger partial charge in [-0.15, -0.1) is 0 Å². The predicted molar refractivity (Wildman–Crippen MR) is 122 cm³/mol. The average Bonchev–Trinajstić information content (AvgIpc) is 2.78. The molecule has 0 saturated heterocycles. The quantitative estimate of drug-likeness (QED) is 0.506. The Morgan fingerprint density at radius 1 is 0.839 bits per heavy atom. The molecule has 0 spiro atoms. The summed E-state index contributed by atoms with van der Waals surface area (Å²) in [5, 5.41) is 8.72. The molecule has 3 N–H and O–H groups in total. The van der Waals surface area contributed by atoms with Crippen molar-refractivity contribution in [2.75, 3.05) is 36.7 Å². The second-order valence-corrected chi connectivity index (χ2v) is 6.87. The summed E-state index contributed by atoms with van der Waals surface area (Å²) in [6.07, 6.45) is 0. The Balaban J connectivity index is 1.54. The van der Waals surface area contributed by atoms with E-state index in [0.717, 1.165) is 11.3 Å². The predicted octanol–water partition coefficient (Wildman–Crippen LogP) is 4.32. The number of rotatable bonds is 8. The van der Waals surface area contributed by atoms with Crippen molar-refractivity contribution in [2.24, 2.45) is 0 Å². The van der Waals surface area contributed by atoms with Gasteiger partial charge in [0.2, 0.25) is 5.91 Å². The number of amides is 2. The van der Waals surface area contributed by atoms with Gasteiger partial charge in [0.15, 0.2) is 0 Å². The third-order valence-corrected chi connectivity index (χ3v) is 4.56. The fourth-order valence-corrected chi connectivity index (χ4v) is 2.95. The van der Waals surface area contributed by atoms with Gasteiger partial charge in [0.1, 0.15) is 11.5 Å². The minimum atomic E-state index is -0.233. The molecule has 31 heavy (non-hydrogen) atoms. The zero-order valence-electron chi connectivity index (χ0n) is 17.7. The number of aryl methyl sites for hydroxylation is 1. The van der Waals surface area contributed by atoms with Crippen molar-refractivity contribution in [3.63, 3.8) is 0 Å². The van der Waals surface area contributed by atoms with E-state index in [4.69, 9.17) is 9.47 Å². The van der Waals surface area contributed by atoms with Crippen molar-refractivity contribution in [3.8, 4) is 11.5 Å². The van der Waals surface area contributed by atoms with Gasteiger partial charge in [0.05, 0.1) is 26.5 Å². The van der Waals surface area contributed by atoms with Gasteiger partial charge in [-0.05, 0) is 55.5 Å². The number of methoxy groups -OCH3 is 2. The molecular formula is C24H25N3O4. The van der Waals surface area contributed by atoms with Crippen molar-refractivity contribution in [1.82, 2.24) is 0 Å². The van der Waals surface area contributed by atoms with Crippen molar-refractivity contribution >= 4 is 28.9 Å². The van der Waals surface area contributed by atoms with Crippen molar-refractivity contribution < 1.29 is 19.1 Å². The van der Waals surface area contributed by atoms with Crippen LogP contribution in [-0.2, 0) is 4.79 Å². The highest BCUT2D eigenvalue weighted by Crippen LogP contribution is 2.28. The van der Waals surface area contributed by atoms with Crippen molar-refractivity contribution in [2.45, 2.75) is 6.92 Å². The van der Waals surface area contributed by atoms with Crippen LogP contribution in [0.2, 0.25) is 0 Å².